The minimum Gasteiger partial charge on any atom is -0.390 e. The highest BCUT2D eigenvalue weighted by molar-refractivity contribution is 5.96. The molecule has 2 saturated heterocycles. The summed E-state index contributed by atoms with van der Waals surface area (Å²) in [6.07, 6.45) is 11.0. The van der Waals surface area contributed by atoms with Gasteiger partial charge in [-0.15, -0.1) is 0 Å². The number of rotatable bonds is 2. The second-order valence-electron chi connectivity index (χ2n) is 14.9. The number of hydrogen-bond donors (Lipinski definition) is 1. The van der Waals surface area contributed by atoms with Crippen molar-refractivity contribution in [3.63, 3.8) is 0 Å². The van der Waals surface area contributed by atoms with Gasteiger partial charge in [-0.1, -0.05) is 47.6 Å². The summed E-state index contributed by atoms with van der Waals surface area (Å²) < 4.78 is 13.6. The monoisotopic (exact) mass is 470 g/mol. The Hall–Kier alpha value is -0.710. The van der Waals surface area contributed by atoms with Gasteiger partial charge in [0.15, 0.2) is 11.6 Å². The third-order valence-corrected chi connectivity index (χ3v) is 12.3. The van der Waals surface area contributed by atoms with E-state index in [4.69, 9.17) is 9.47 Å². The summed E-state index contributed by atoms with van der Waals surface area (Å²) in [5.41, 5.74) is -1.05. The molecular formula is C30H46O4. The molecule has 5 fully saturated rings. The number of carbonyl (C=O) groups excluding carboxylic acids is 1. The molecular weight excluding hydrogens is 424 g/mol. The van der Waals surface area contributed by atoms with E-state index in [1.807, 2.05) is 6.08 Å². The van der Waals surface area contributed by atoms with Crippen molar-refractivity contribution in [1.82, 2.24) is 0 Å². The van der Waals surface area contributed by atoms with E-state index in [0.29, 0.717) is 35.9 Å². The van der Waals surface area contributed by atoms with Crippen LogP contribution in [-0.2, 0) is 14.3 Å². The minimum atomic E-state index is -0.777. The lowest BCUT2D eigenvalue weighted by molar-refractivity contribution is -0.346. The van der Waals surface area contributed by atoms with Gasteiger partial charge in [-0.05, 0) is 79.6 Å². The predicted molar refractivity (Wildman–Crippen MR) is 132 cm³/mol. The van der Waals surface area contributed by atoms with Gasteiger partial charge in [0.1, 0.15) is 0 Å². The summed E-state index contributed by atoms with van der Waals surface area (Å²) in [7, 11) is 0. The Morgan fingerprint density at radius 2 is 1.82 bits per heavy atom. The fourth-order valence-corrected chi connectivity index (χ4v) is 11.2. The second-order valence-corrected chi connectivity index (χ2v) is 14.9. The first-order valence-corrected chi connectivity index (χ1v) is 14.0. The van der Waals surface area contributed by atoms with Crippen LogP contribution >= 0.6 is 0 Å². The molecule has 10 atom stereocenters. The highest BCUT2D eigenvalue weighted by Gasteiger charge is 2.81. The van der Waals surface area contributed by atoms with E-state index in [1.54, 1.807) is 0 Å². The summed E-state index contributed by atoms with van der Waals surface area (Å²) in [6, 6.07) is 0. The minimum absolute atomic E-state index is 0.0170. The van der Waals surface area contributed by atoms with Crippen LogP contribution in [0, 0.1) is 51.2 Å². The van der Waals surface area contributed by atoms with Crippen molar-refractivity contribution in [2.24, 2.45) is 51.2 Å². The number of ketones is 1. The average molecular weight is 471 g/mol. The van der Waals surface area contributed by atoms with Gasteiger partial charge in [0.25, 0.3) is 0 Å². The highest BCUT2D eigenvalue weighted by atomic mass is 16.7. The lowest BCUT2D eigenvalue weighted by Gasteiger charge is -2.68. The zero-order valence-corrected chi connectivity index (χ0v) is 22.4. The maximum atomic E-state index is 13.6. The lowest BCUT2D eigenvalue weighted by atomic mass is 9.36. The van der Waals surface area contributed by atoms with Crippen molar-refractivity contribution in [2.45, 2.75) is 111 Å². The van der Waals surface area contributed by atoms with Crippen LogP contribution in [0.25, 0.3) is 0 Å². The molecule has 6 rings (SSSR count). The Kier molecular flexibility index (Phi) is 4.72. The average Bonchev–Trinajstić information content (AvgIpc) is 3.22. The SMILES string of the molecule is CC(C)CC1C[C@](C)(O)C2[C@H]3CC[C@@H]4[C@@]5(C)C(=O)C=CC(C)(C)[C@@H]5CC[C@@]4(C)[C@@]34CO[C@@]2(C4)O1. The van der Waals surface area contributed by atoms with Gasteiger partial charge in [-0.25, -0.2) is 0 Å². The van der Waals surface area contributed by atoms with Crippen molar-refractivity contribution in [3.8, 4) is 0 Å². The molecule has 1 N–H and O–H groups in total. The van der Waals surface area contributed by atoms with E-state index in [0.717, 1.165) is 45.1 Å². The molecule has 3 saturated carbocycles. The van der Waals surface area contributed by atoms with Gasteiger partial charge in [0, 0.05) is 29.6 Å². The molecule has 4 aliphatic carbocycles. The molecule has 2 unspecified atom stereocenters. The zero-order valence-electron chi connectivity index (χ0n) is 22.4. The number of aliphatic hydroxyl groups is 1. The molecule has 0 aromatic heterocycles. The van der Waals surface area contributed by atoms with E-state index < -0.39 is 11.4 Å². The molecule has 0 aromatic rings. The second kappa shape index (κ2) is 6.78. The molecule has 2 spiro atoms. The lowest BCUT2D eigenvalue weighted by Crippen LogP contribution is -2.67. The van der Waals surface area contributed by atoms with Crippen molar-refractivity contribution in [3.05, 3.63) is 12.2 Å². The number of hydrogen-bond acceptors (Lipinski definition) is 4. The van der Waals surface area contributed by atoms with Crippen LogP contribution in [0.1, 0.15) is 93.4 Å². The summed E-state index contributed by atoms with van der Waals surface area (Å²) in [6.45, 7) is 16.7. The van der Waals surface area contributed by atoms with E-state index >= 15 is 0 Å². The Morgan fingerprint density at radius 1 is 1.09 bits per heavy atom. The summed E-state index contributed by atoms with van der Waals surface area (Å²) in [4.78, 5) is 13.6. The number of allylic oxidation sites excluding steroid dienone is 2. The van der Waals surface area contributed by atoms with Crippen molar-refractivity contribution in [1.29, 1.82) is 0 Å². The topological polar surface area (TPSA) is 55.8 Å². The third kappa shape index (κ3) is 2.64. The molecule has 190 valence electrons. The van der Waals surface area contributed by atoms with E-state index in [-0.39, 0.29) is 33.7 Å². The molecule has 4 heteroatoms. The number of carbonyl (C=O) groups is 1. The molecule has 2 heterocycles. The van der Waals surface area contributed by atoms with Crippen molar-refractivity contribution >= 4 is 5.78 Å². The van der Waals surface area contributed by atoms with Gasteiger partial charge in [-0.3, -0.25) is 4.79 Å². The van der Waals surface area contributed by atoms with Crippen molar-refractivity contribution < 1.29 is 19.4 Å². The molecule has 2 aliphatic heterocycles. The van der Waals surface area contributed by atoms with Gasteiger partial charge in [0.2, 0.25) is 0 Å². The van der Waals surface area contributed by atoms with Crippen LogP contribution in [0.4, 0.5) is 0 Å². The Labute approximate surface area is 206 Å². The van der Waals surface area contributed by atoms with Crippen LogP contribution in [0.3, 0.4) is 0 Å². The maximum Gasteiger partial charge on any atom is 0.175 e. The van der Waals surface area contributed by atoms with Crippen LogP contribution in [0.2, 0.25) is 0 Å². The van der Waals surface area contributed by atoms with E-state index in [2.05, 4.69) is 54.5 Å². The zero-order chi connectivity index (χ0) is 24.5. The smallest absolute Gasteiger partial charge is 0.175 e. The molecule has 0 aromatic carbocycles. The Bertz CT molecular complexity index is 934. The third-order valence-electron chi connectivity index (χ3n) is 12.3. The predicted octanol–water partition coefficient (Wildman–Crippen LogP) is 5.92. The first-order chi connectivity index (χ1) is 15.7. The fraction of sp³-hybridized carbons (Fsp3) is 0.900. The van der Waals surface area contributed by atoms with E-state index in [9.17, 15) is 9.90 Å². The Balaban J connectivity index is 1.42. The van der Waals surface area contributed by atoms with Gasteiger partial charge < -0.3 is 14.6 Å². The van der Waals surface area contributed by atoms with Crippen LogP contribution in [0.15, 0.2) is 12.2 Å². The molecule has 4 nitrogen and oxygen atoms in total. The van der Waals surface area contributed by atoms with Gasteiger partial charge in [-0.2, -0.15) is 0 Å². The quantitative estimate of drug-likeness (QED) is 0.544. The number of fused-ring (bicyclic) bond motifs is 4. The Morgan fingerprint density at radius 3 is 2.53 bits per heavy atom. The molecule has 34 heavy (non-hydrogen) atoms. The normalized spacial score (nSPS) is 57.2. The standard InChI is InChI=1S/C30H46O4/c1-18(2)14-19-15-27(6,32)24-20-8-9-22-26(5,29(20)16-30(24,34-19)33-17-29)13-10-21-25(3,4)12-11-23(31)28(21,22)7/h11-12,18-22,24,32H,8-10,13-17H2,1-7H3/t19?,20-,21+,22+,24?,26-,27+,28+,29+,30+/m1/s1. The number of ether oxygens (including phenoxy) is 2. The van der Waals surface area contributed by atoms with Crippen molar-refractivity contribution in [2.75, 3.05) is 6.61 Å². The van der Waals surface area contributed by atoms with Gasteiger partial charge in [0.05, 0.1) is 18.3 Å². The van der Waals surface area contributed by atoms with Crippen LogP contribution in [-0.4, -0.2) is 35.0 Å². The van der Waals surface area contributed by atoms with Gasteiger partial charge >= 0.3 is 0 Å². The molecule has 0 radical (unpaired) electrons. The summed E-state index contributed by atoms with van der Waals surface area (Å²) in [5, 5.41) is 11.9. The van der Waals surface area contributed by atoms with E-state index in [1.165, 1.54) is 0 Å². The molecule has 0 amide bonds. The fourth-order valence-electron chi connectivity index (χ4n) is 11.2. The first-order valence-electron chi connectivity index (χ1n) is 14.0. The van der Waals surface area contributed by atoms with Crippen LogP contribution in [0.5, 0.6) is 0 Å². The largest absolute Gasteiger partial charge is 0.390 e. The summed E-state index contributed by atoms with van der Waals surface area (Å²) >= 11 is 0. The van der Waals surface area contributed by atoms with Crippen LogP contribution < -0.4 is 0 Å². The molecule has 6 aliphatic rings. The maximum absolute atomic E-state index is 13.6. The molecule has 2 bridgehead atoms. The first kappa shape index (κ1) is 23.7. The highest BCUT2D eigenvalue weighted by Crippen LogP contribution is 2.79. The summed E-state index contributed by atoms with van der Waals surface area (Å²) in [5.74, 6) is 1.38.